The van der Waals surface area contributed by atoms with Gasteiger partial charge in [0.15, 0.2) is 0 Å². The van der Waals surface area contributed by atoms with Gasteiger partial charge in [0.1, 0.15) is 0 Å². The number of hydrogen-bond acceptors (Lipinski definition) is 3. The third-order valence-electron chi connectivity index (χ3n) is 4.42. The van der Waals surface area contributed by atoms with Gasteiger partial charge in [-0.2, -0.15) is 0 Å². The maximum Gasteiger partial charge on any atom is 0.264 e. The number of carbonyl (C=O) groups is 2. The highest BCUT2D eigenvalue weighted by molar-refractivity contribution is 9.11. The van der Waals surface area contributed by atoms with Crippen molar-refractivity contribution in [1.29, 1.82) is 0 Å². The van der Waals surface area contributed by atoms with Crippen molar-refractivity contribution in [2.24, 2.45) is 0 Å². The molecule has 3 rings (SSSR count). The fourth-order valence-electron chi connectivity index (χ4n) is 2.98. The molecule has 0 aliphatic heterocycles. The zero-order valence-electron chi connectivity index (χ0n) is 15.5. The van der Waals surface area contributed by atoms with Crippen LogP contribution in [0.25, 0.3) is 0 Å². The van der Waals surface area contributed by atoms with Crippen molar-refractivity contribution >= 4 is 39.1 Å². The largest absolute Gasteiger partial charge is 0.354 e. The Morgan fingerprint density at radius 2 is 1.54 bits per heavy atom. The molecule has 6 heteroatoms. The van der Waals surface area contributed by atoms with Gasteiger partial charge >= 0.3 is 0 Å². The number of rotatable bonds is 7. The first-order chi connectivity index (χ1) is 13.5. The van der Waals surface area contributed by atoms with Gasteiger partial charge in [0, 0.05) is 19.5 Å². The Hall–Kier alpha value is -2.44. The number of likely N-dealkylation sites (N-methyl/N-ethyl adjacent to an activating group) is 1. The van der Waals surface area contributed by atoms with Crippen LogP contribution in [0.5, 0.6) is 0 Å². The van der Waals surface area contributed by atoms with Crippen LogP contribution >= 0.6 is 27.3 Å². The minimum atomic E-state index is -0.177. The molecule has 0 aliphatic carbocycles. The fraction of sp³-hybridized carbons (Fsp3) is 0.182. The molecule has 4 nitrogen and oxygen atoms in total. The van der Waals surface area contributed by atoms with Gasteiger partial charge in [-0.25, -0.2) is 0 Å². The molecule has 1 aromatic heterocycles. The lowest BCUT2D eigenvalue weighted by Crippen LogP contribution is -2.39. The summed E-state index contributed by atoms with van der Waals surface area (Å²) >= 11 is 4.71. The summed E-state index contributed by atoms with van der Waals surface area (Å²) in [6.45, 7) is 0.490. The first-order valence-corrected chi connectivity index (χ1v) is 10.5. The second kappa shape index (κ2) is 9.66. The Morgan fingerprint density at radius 3 is 2.04 bits per heavy atom. The van der Waals surface area contributed by atoms with Crippen LogP contribution < -0.4 is 5.32 Å². The summed E-state index contributed by atoms with van der Waals surface area (Å²) in [5, 5.41) is 2.98. The molecule has 0 unspecified atom stereocenters. The van der Waals surface area contributed by atoms with E-state index in [1.165, 1.54) is 16.2 Å². The van der Waals surface area contributed by atoms with E-state index in [4.69, 9.17) is 0 Å². The summed E-state index contributed by atoms with van der Waals surface area (Å²) in [7, 11) is 1.64. The number of halogens is 1. The molecular formula is C22H21BrN2O2S. The number of carbonyl (C=O) groups excluding carboxylic acids is 2. The van der Waals surface area contributed by atoms with Crippen LogP contribution in [-0.4, -0.2) is 36.9 Å². The van der Waals surface area contributed by atoms with Gasteiger partial charge in [-0.3, -0.25) is 9.59 Å². The molecule has 0 saturated heterocycles. The summed E-state index contributed by atoms with van der Waals surface area (Å²) < 4.78 is 0.891. The van der Waals surface area contributed by atoms with Crippen molar-refractivity contribution in [3.8, 4) is 0 Å². The summed E-state index contributed by atoms with van der Waals surface area (Å²) in [4.78, 5) is 26.9. The van der Waals surface area contributed by atoms with E-state index < -0.39 is 0 Å². The first-order valence-electron chi connectivity index (χ1n) is 8.92. The lowest BCUT2D eigenvalue weighted by molar-refractivity contribution is -0.121. The number of nitrogens with zero attached hydrogens (tertiary/aromatic N) is 1. The molecule has 0 atom stereocenters. The first kappa shape index (κ1) is 20.3. The van der Waals surface area contributed by atoms with Crippen LogP contribution in [0.15, 0.2) is 76.6 Å². The van der Waals surface area contributed by atoms with E-state index in [9.17, 15) is 9.59 Å². The monoisotopic (exact) mass is 456 g/mol. The van der Waals surface area contributed by atoms with E-state index in [2.05, 4.69) is 45.5 Å². The average molecular weight is 457 g/mol. The summed E-state index contributed by atoms with van der Waals surface area (Å²) in [5.74, 6) is -0.280. The van der Waals surface area contributed by atoms with Gasteiger partial charge in [-0.05, 0) is 39.2 Å². The zero-order valence-corrected chi connectivity index (χ0v) is 17.9. The minimum absolute atomic E-state index is 0.0185. The lowest BCUT2D eigenvalue weighted by atomic mass is 9.91. The Labute approximate surface area is 177 Å². The SMILES string of the molecule is CN(CC(=O)NCC(c1ccccc1)c1ccccc1)C(=O)c1ccc(Br)s1. The van der Waals surface area contributed by atoms with Crippen molar-refractivity contribution in [3.05, 3.63) is 92.6 Å². The summed E-state index contributed by atoms with van der Waals surface area (Å²) in [6.07, 6.45) is 0. The molecule has 0 bridgehead atoms. The zero-order chi connectivity index (χ0) is 19.9. The number of hydrogen-bond donors (Lipinski definition) is 1. The smallest absolute Gasteiger partial charge is 0.264 e. The molecule has 28 heavy (non-hydrogen) atoms. The summed E-state index contributed by atoms with van der Waals surface area (Å²) in [5.41, 5.74) is 2.28. The van der Waals surface area contributed by atoms with Crippen molar-refractivity contribution in [2.75, 3.05) is 20.1 Å². The Bertz CT molecular complexity index is 888. The highest BCUT2D eigenvalue weighted by Gasteiger charge is 2.19. The molecule has 2 aromatic carbocycles. The van der Waals surface area contributed by atoms with Crippen molar-refractivity contribution < 1.29 is 9.59 Å². The van der Waals surface area contributed by atoms with Gasteiger partial charge in [0.25, 0.3) is 5.91 Å². The Kier molecular flexibility index (Phi) is 7.01. The highest BCUT2D eigenvalue weighted by atomic mass is 79.9. The average Bonchev–Trinajstić information content (AvgIpc) is 3.15. The Balaban J connectivity index is 1.63. The maximum atomic E-state index is 12.5. The minimum Gasteiger partial charge on any atom is -0.354 e. The second-order valence-corrected chi connectivity index (χ2v) is 8.91. The highest BCUT2D eigenvalue weighted by Crippen LogP contribution is 2.24. The van der Waals surface area contributed by atoms with Crippen LogP contribution in [0.4, 0.5) is 0 Å². The fourth-order valence-corrected chi connectivity index (χ4v) is 4.36. The van der Waals surface area contributed by atoms with Crippen LogP contribution in [0, 0.1) is 0 Å². The third-order valence-corrected chi connectivity index (χ3v) is 6.03. The molecule has 1 heterocycles. The van der Waals surface area contributed by atoms with Crippen LogP contribution in [0.1, 0.15) is 26.7 Å². The van der Waals surface area contributed by atoms with Crippen LogP contribution in [0.3, 0.4) is 0 Å². The van der Waals surface area contributed by atoms with Crippen LogP contribution in [-0.2, 0) is 4.79 Å². The lowest BCUT2D eigenvalue weighted by Gasteiger charge is -2.20. The molecule has 3 aromatic rings. The molecule has 0 fully saturated rings. The topological polar surface area (TPSA) is 49.4 Å². The number of benzene rings is 2. The van der Waals surface area contributed by atoms with E-state index in [1.807, 2.05) is 42.5 Å². The van der Waals surface area contributed by atoms with E-state index >= 15 is 0 Å². The molecule has 0 saturated carbocycles. The van der Waals surface area contributed by atoms with E-state index in [0.717, 1.165) is 14.9 Å². The van der Waals surface area contributed by atoms with E-state index in [0.29, 0.717) is 11.4 Å². The van der Waals surface area contributed by atoms with Crippen molar-refractivity contribution in [2.45, 2.75) is 5.92 Å². The van der Waals surface area contributed by atoms with Gasteiger partial charge in [-0.15, -0.1) is 11.3 Å². The van der Waals surface area contributed by atoms with Gasteiger partial charge in [0.05, 0.1) is 15.2 Å². The molecule has 144 valence electrons. The molecule has 1 N–H and O–H groups in total. The normalized spacial score (nSPS) is 10.7. The molecule has 2 amide bonds. The van der Waals surface area contributed by atoms with Crippen molar-refractivity contribution in [1.82, 2.24) is 10.2 Å². The molecule has 0 aliphatic rings. The molecule has 0 radical (unpaired) electrons. The van der Waals surface area contributed by atoms with Crippen molar-refractivity contribution in [3.63, 3.8) is 0 Å². The van der Waals surface area contributed by atoms with Gasteiger partial charge in [-0.1, -0.05) is 60.7 Å². The van der Waals surface area contributed by atoms with Gasteiger partial charge in [0.2, 0.25) is 5.91 Å². The predicted molar refractivity (Wildman–Crippen MR) is 117 cm³/mol. The quantitative estimate of drug-likeness (QED) is 0.567. The number of amides is 2. The summed E-state index contributed by atoms with van der Waals surface area (Å²) in [6, 6.07) is 23.8. The third kappa shape index (κ3) is 5.30. The van der Waals surface area contributed by atoms with E-state index in [1.54, 1.807) is 13.1 Å². The maximum absolute atomic E-state index is 12.5. The molecule has 0 spiro atoms. The number of thiophene rings is 1. The van der Waals surface area contributed by atoms with Crippen LogP contribution in [0.2, 0.25) is 0 Å². The van der Waals surface area contributed by atoms with E-state index in [-0.39, 0.29) is 24.3 Å². The Morgan fingerprint density at radius 1 is 0.964 bits per heavy atom. The second-order valence-electron chi connectivity index (χ2n) is 6.44. The number of nitrogens with one attached hydrogen (secondary N) is 1. The molecular weight excluding hydrogens is 436 g/mol. The van der Waals surface area contributed by atoms with Gasteiger partial charge < -0.3 is 10.2 Å². The predicted octanol–water partition coefficient (Wildman–Crippen LogP) is 4.53. The standard InChI is InChI=1S/C22H21BrN2O2S/c1-25(22(27)19-12-13-20(23)28-19)15-21(26)24-14-18(16-8-4-2-5-9-16)17-10-6-3-7-11-17/h2-13,18H,14-15H2,1H3,(H,24,26).